The number of halogens is 5. The Balaban J connectivity index is 1.57. The molecular formula is C18H12BrClF3N3O3. The van der Waals surface area contributed by atoms with Crippen LogP contribution in [-0.2, 0) is 6.73 Å². The topological polar surface area (TPSA) is 65.4 Å². The van der Waals surface area contributed by atoms with E-state index in [1.807, 2.05) is 0 Å². The van der Waals surface area contributed by atoms with Gasteiger partial charge in [-0.1, -0.05) is 11.6 Å². The van der Waals surface area contributed by atoms with Gasteiger partial charge in [0, 0.05) is 16.9 Å². The number of ether oxygens (including phenoxy) is 2. The van der Waals surface area contributed by atoms with Crippen molar-refractivity contribution in [2.45, 2.75) is 13.1 Å². The number of carbonyl (C=O) groups is 1. The fourth-order valence-corrected chi connectivity index (χ4v) is 3.01. The van der Waals surface area contributed by atoms with Gasteiger partial charge >= 0.3 is 6.36 Å². The summed E-state index contributed by atoms with van der Waals surface area (Å²) >= 11 is 9.20. The number of aromatic nitrogens is 2. The molecule has 3 rings (SSSR count). The molecule has 29 heavy (non-hydrogen) atoms. The second kappa shape index (κ2) is 8.75. The maximum Gasteiger partial charge on any atom is 0.573 e. The van der Waals surface area contributed by atoms with Crippen LogP contribution in [0.5, 0.6) is 11.5 Å². The summed E-state index contributed by atoms with van der Waals surface area (Å²) in [5.74, 6) is -0.358. The number of hydrogen-bond acceptors (Lipinski definition) is 4. The molecule has 0 aliphatic carbocycles. The molecule has 0 radical (unpaired) electrons. The van der Waals surface area contributed by atoms with Crippen molar-refractivity contribution in [3.05, 3.63) is 69.9 Å². The molecule has 152 valence electrons. The lowest BCUT2D eigenvalue weighted by atomic mass is 10.3. The van der Waals surface area contributed by atoms with E-state index in [0.717, 1.165) is 12.1 Å². The maximum atomic E-state index is 12.2. The van der Waals surface area contributed by atoms with Crippen LogP contribution in [0.15, 0.2) is 59.2 Å². The molecule has 1 N–H and O–H groups in total. The van der Waals surface area contributed by atoms with Gasteiger partial charge in [-0.3, -0.25) is 4.79 Å². The Morgan fingerprint density at radius 1 is 1.17 bits per heavy atom. The highest BCUT2D eigenvalue weighted by Crippen LogP contribution is 2.28. The highest BCUT2D eigenvalue weighted by Gasteiger charge is 2.31. The third kappa shape index (κ3) is 6.13. The number of benzene rings is 2. The summed E-state index contributed by atoms with van der Waals surface area (Å²) in [6.45, 7) is 0.0526. The molecule has 0 bridgehead atoms. The van der Waals surface area contributed by atoms with Crippen molar-refractivity contribution in [2.75, 3.05) is 5.32 Å². The second-order valence-electron chi connectivity index (χ2n) is 5.61. The molecular weight excluding hydrogens is 479 g/mol. The van der Waals surface area contributed by atoms with Crippen molar-refractivity contribution in [3.8, 4) is 11.5 Å². The van der Waals surface area contributed by atoms with Crippen molar-refractivity contribution >= 4 is 39.1 Å². The lowest BCUT2D eigenvalue weighted by Gasteiger charge is -2.09. The predicted octanol–water partition coefficient (Wildman–Crippen LogP) is 5.49. The smallest absolute Gasteiger partial charge is 0.470 e. The number of nitrogens with zero attached hydrogens (tertiary/aromatic N) is 2. The largest absolute Gasteiger partial charge is 0.573 e. The van der Waals surface area contributed by atoms with Gasteiger partial charge in [0.25, 0.3) is 5.91 Å². The number of nitrogens with one attached hydrogen (secondary N) is 1. The number of hydrogen-bond donors (Lipinski definition) is 1. The van der Waals surface area contributed by atoms with Crippen LogP contribution in [0.2, 0.25) is 5.02 Å². The Morgan fingerprint density at radius 3 is 2.55 bits per heavy atom. The van der Waals surface area contributed by atoms with Crippen molar-refractivity contribution in [1.82, 2.24) is 9.78 Å². The summed E-state index contributed by atoms with van der Waals surface area (Å²) in [6, 6.07) is 11.3. The van der Waals surface area contributed by atoms with Gasteiger partial charge in [-0.15, -0.1) is 13.2 Å². The molecule has 0 spiro atoms. The van der Waals surface area contributed by atoms with E-state index in [1.165, 1.54) is 22.9 Å². The zero-order chi connectivity index (χ0) is 21.0. The van der Waals surface area contributed by atoms with Crippen LogP contribution < -0.4 is 14.8 Å². The van der Waals surface area contributed by atoms with E-state index in [0.29, 0.717) is 20.9 Å². The monoisotopic (exact) mass is 489 g/mol. The van der Waals surface area contributed by atoms with Crippen molar-refractivity contribution in [1.29, 1.82) is 0 Å². The molecule has 1 heterocycles. The second-order valence-corrected chi connectivity index (χ2v) is 6.91. The molecule has 0 atom stereocenters. The van der Waals surface area contributed by atoms with Gasteiger partial charge in [0.1, 0.15) is 11.5 Å². The van der Waals surface area contributed by atoms with Gasteiger partial charge in [0.15, 0.2) is 12.4 Å². The summed E-state index contributed by atoms with van der Waals surface area (Å²) < 4.78 is 48.0. The molecule has 11 heteroatoms. The van der Waals surface area contributed by atoms with Crippen molar-refractivity contribution < 1.29 is 27.4 Å². The van der Waals surface area contributed by atoms with Crippen LogP contribution in [0.25, 0.3) is 0 Å². The molecule has 0 unspecified atom stereocenters. The minimum absolute atomic E-state index is 0.0526. The maximum absolute atomic E-state index is 12.2. The van der Waals surface area contributed by atoms with Crippen LogP contribution in [-0.4, -0.2) is 22.1 Å². The summed E-state index contributed by atoms with van der Waals surface area (Å²) in [5.41, 5.74) is 0.403. The Hall–Kier alpha value is -2.72. The summed E-state index contributed by atoms with van der Waals surface area (Å²) in [7, 11) is 0. The van der Waals surface area contributed by atoms with Crippen molar-refractivity contribution in [2.24, 2.45) is 0 Å². The summed E-state index contributed by atoms with van der Waals surface area (Å²) in [6.07, 6.45) is -3.22. The lowest BCUT2D eigenvalue weighted by Crippen LogP contribution is -2.17. The predicted molar refractivity (Wildman–Crippen MR) is 103 cm³/mol. The molecule has 2 aromatic carbocycles. The van der Waals surface area contributed by atoms with E-state index in [9.17, 15) is 18.0 Å². The molecule has 0 saturated carbocycles. The molecule has 0 fully saturated rings. The quantitative estimate of drug-likeness (QED) is 0.496. The van der Waals surface area contributed by atoms with Crippen LogP contribution in [0.3, 0.4) is 0 Å². The Kier molecular flexibility index (Phi) is 6.33. The highest BCUT2D eigenvalue weighted by atomic mass is 79.9. The van der Waals surface area contributed by atoms with E-state index in [-0.39, 0.29) is 18.2 Å². The molecule has 0 aliphatic rings. The zero-order valence-electron chi connectivity index (χ0n) is 14.4. The van der Waals surface area contributed by atoms with Gasteiger partial charge in [-0.05, 0) is 64.5 Å². The first-order valence-electron chi connectivity index (χ1n) is 7.98. The van der Waals surface area contributed by atoms with E-state index in [4.69, 9.17) is 16.3 Å². The number of anilines is 1. The fraction of sp³-hybridized carbons (Fsp3) is 0.111. The normalized spacial score (nSPS) is 11.2. The Labute approximate surface area is 176 Å². The number of rotatable bonds is 6. The zero-order valence-corrected chi connectivity index (χ0v) is 16.8. The van der Waals surface area contributed by atoms with Crippen molar-refractivity contribution in [3.63, 3.8) is 0 Å². The van der Waals surface area contributed by atoms with Crippen LogP contribution in [0.1, 0.15) is 10.5 Å². The third-order valence-corrected chi connectivity index (χ3v) is 4.32. The fourth-order valence-electron chi connectivity index (χ4n) is 2.22. The molecule has 3 aromatic rings. The molecule has 6 nitrogen and oxygen atoms in total. The summed E-state index contributed by atoms with van der Waals surface area (Å²) in [4.78, 5) is 12.2. The van der Waals surface area contributed by atoms with Gasteiger partial charge in [0.2, 0.25) is 0 Å². The minimum atomic E-state index is -4.78. The van der Waals surface area contributed by atoms with E-state index >= 15 is 0 Å². The first-order chi connectivity index (χ1) is 13.7. The van der Waals surface area contributed by atoms with Crippen LogP contribution >= 0.6 is 27.5 Å². The number of carbonyl (C=O) groups excluding carboxylic acids is 1. The molecule has 0 aliphatic heterocycles. The minimum Gasteiger partial charge on any atom is -0.470 e. The van der Waals surface area contributed by atoms with Crippen LogP contribution in [0.4, 0.5) is 18.9 Å². The Bertz CT molecular complexity index is 1010. The number of amides is 1. The summed E-state index contributed by atoms with van der Waals surface area (Å²) in [5, 5.41) is 7.19. The molecule has 0 saturated heterocycles. The van der Waals surface area contributed by atoms with Gasteiger partial charge < -0.3 is 14.8 Å². The average Bonchev–Trinajstić information content (AvgIpc) is 3.10. The van der Waals surface area contributed by atoms with Gasteiger partial charge in [0.05, 0.1) is 4.47 Å². The highest BCUT2D eigenvalue weighted by molar-refractivity contribution is 9.10. The molecule has 1 amide bonds. The molecule has 1 aromatic heterocycles. The lowest BCUT2D eigenvalue weighted by molar-refractivity contribution is -0.274. The van der Waals surface area contributed by atoms with E-state index in [1.54, 1.807) is 24.4 Å². The SMILES string of the molecule is O=C(Nc1ccc(OC(F)(F)F)cc1)c1ccn(COc2ccc(Cl)cc2Br)n1. The Morgan fingerprint density at radius 2 is 1.90 bits per heavy atom. The first-order valence-corrected chi connectivity index (χ1v) is 9.15. The first kappa shape index (κ1) is 21.0. The van der Waals surface area contributed by atoms with E-state index in [2.05, 4.69) is 31.1 Å². The standard InChI is InChI=1S/C18H12BrClF3N3O3/c19-14-9-11(20)1-6-16(14)28-10-26-8-7-15(25-26)17(27)24-12-2-4-13(5-3-12)29-18(21,22)23/h1-9H,10H2,(H,24,27). The number of alkyl halides is 3. The average molecular weight is 491 g/mol. The van der Waals surface area contributed by atoms with Gasteiger partial charge in [-0.25, -0.2) is 4.68 Å². The van der Waals surface area contributed by atoms with E-state index < -0.39 is 12.3 Å². The van der Waals surface area contributed by atoms with Crippen LogP contribution in [0, 0.1) is 0 Å². The third-order valence-electron chi connectivity index (χ3n) is 3.47. The van der Waals surface area contributed by atoms with Gasteiger partial charge in [-0.2, -0.15) is 5.10 Å².